The van der Waals surface area contributed by atoms with E-state index in [0.29, 0.717) is 11.5 Å². The van der Waals surface area contributed by atoms with E-state index in [1.165, 1.54) is 0 Å². The fourth-order valence-electron chi connectivity index (χ4n) is 1.94. The highest BCUT2D eigenvalue weighted by atomic mass is 79.9. The van der Waals surface area contributed by atoms with E-state index in [4.69, 9.17) is 9.47 Å². The van der Waals surface area contributed by atoms with Gasteiger partial charge in [-0.2, -0.15) is 5.10 Å². The highest BCUT2D eigenvalue weighted by Gasteiger charge is 2.06. The van der Waals surface area contributed by atoms with Crippen LogP contribution >= 0.6 is 15.9 Å². The summed E-state index contributed by atoms with van der Waals surface area (Å²) in [5.74, 6) is 1.06. The van der Waals surface area contributed by atoms with Gasteiger partial charge in [0.05, 0.1) is 17.3 Å². The van der Waals surface area contributed by atoms with Gasteiger partial charge in [-0.25, -0.2) is 5.43 Å². The zero-order valence-corrected chi connectivity index (χ0v) is 15.4. The van der Waals surface area contributed by atoms with Crippen LogP contribution in [-0.4, -0.2) is 25.3 Å². The molecule has 1 N–H and O–H groups in total. The van der Waals surface area contributed by atoms with Gasteiger partial charge in [-0.3, -0.25) is 4.79 Å². The first-order valence-electron chi connectivity index (χ1n) is 7.36. The zero-order valence-electron chi connectivity index (χ0n) is 13.8. The van der Waals surface area contributed by atoms with Crippen LogP contribution in [0.3, 0.4) is 0 Å². The minimum absolute atomic E-state index is 0.110. The molecule has 2 aromatic carbocycles. The number of nitrogens with one attached hydrogen (secondary N) is 1. The standard InChI is InChI=1S/C18H19BrN2O3/c1-12-4-9-17(16(19)10-12)24-11-18(22)21-20-13(2)14-5-7-15(23-3)8-6-14/h4-10H,11H2,1-3H3,(H,21,22)/b20-13-. The second-order valence-electron chi connectivity index (χ2n) is 5.18. The van der Waals surface area contributed by atoms with Crippen LogP contribution in [0.1, 0.15) is 18.1 Å². The lowest BCUT2D eigenvalue weighted by atomic mass is 10.1. The minimum atomic E-state index is -0.324. The number of carbonyl (C=O) groups excluding carboxylic acids is 1. The molecule has 6 heteroatoms. The SMILES string of the molecule is COc1ccc(/C(C)=N\NC(=O)COc2ccc(C)cc2Br)cc1. The summed E-state index contributed by atoms with van der Waals surface area (Å²) in [5, 5.41) is 4.08. The molecule has 0 fully saturated rings. The number of ether oxygens (including phenoxy) is 2. The van der Waals surface area contributed by atoms with E-state index in [-0.39, 0.29) is 12.5 Å². The van der Waals surface area contributed by atoms with Crippen molar-refractivity contribution in [3.05, 3.63) is 58.1 Å². The molecule has 0 saturated heterocycles. The maximum absolute atomic E-state index is 11.9. The molecule has 2 rings (SSSR count). The van der Waals surface area contributed by atoms with Gasteiger partial charge < -0.3 is 9.47 Å². The van der Waals surface area contributed by atoms with Crippen molar-refractivity contribution < 1.29 is 14.3 Å². The quantitative estimate of drug-likeness (QED) is 0.604. The summed E-state index contributed by atoms with van der Waals surface area (Å²) in [6, 6.07) is 13.1. The molecule has 0 heterocycles. The van der Waals surface area contributed by atoms with Crippen molar-refractivity contribution in [1.29, 1.82) is 0 Å². The van der Waals surface area contributed by atoms with Gasteiger partial charge >= 0.3 is 0 Å². The van der Waals surface area contributed by atoms with Crippen molar-refractivity contribution in [2.45, 2.75) is 13.8 Å². The molecule has 0 aliphatic heterocycles. The molecule has 0 saturated carbocycles. The van der Waals surface area contributed by atoms with Gasteiger partial charge in [0.2, 0.25) is 0 Å². The number of rotatable bonds is 6. The van der Waals surface area contributed by atoms with Gasteiger partial charge in [0.15, 0.2) is 6.61 Å². The summed E-state index contributed by atoms with van der Waals surface area (Å²) in [5.41, 5.74) is 5.20. The summed E-state index contributed by atoms with van der Waals surface area (Å²) in [7, 11) is 1.61. The first kappa shape index (κ1) is 18.0. The van der Waals surface area contributed by atoms with E-state index in [1.54, 1.807) is 7.11 Å². The maximum Gasteiger partial charge on any atom is 0.277 e. The van der Waals surface area contributed by atoms with Crippen LogP contribution in [0.2, 0.25) is 0 Å². The molecule has 0 aromatic heterocycles. The van der Waals surface area contributed by atoms with E-state index in [1.807, 2.05) is 56.3 Å². The molecule has 126 valence electrons. The lowest BCUT2D eigenvalue weighted by Gasteiger charge is -2.08. The highest BCUT2D eigenvalue weighted by Crippen LogP contribution is 2.25. The molecule has 0 unspecified atom stereocenters. The van der Waals surface area contributed by atoms with Crippen molar-refractivity contribution in [1.82, 2.24) is 5.43 Å². The lowest BCUT2D eigenvalue weighted by molar-refractivity contribution is -0.123. The largest absolute Gasteiger partial charge is 0.497 e. The number of benzene rings is 2. The first-order valence-corrected chi connectivity index (χ1v) is 8.15. The van der Waals surface area contributed by atoms with E-state index < -0.39 is 0 Å². The fraction of sp³-hybridized carbons (Fsp3) is 0.222. The Bertz CT molecular complexity index is 742. The van der Waals surface area contributed by atoms with Gasteiger partial charge in [0, 0.05) is 0 Å². The number of nitrogens with zero attached hydrogens (tertiary/aromatic N) is 1. The Hall–Kier alpha value is -2.34. The van der Waals surface area contributed by atoms with Gasteiger partial charge in [-0.15, -0.1) is 0 Å². The number of aryl methyl sites for hydroxylation is 1. The molecule has 0 radical (unpaired) electrons. The number of hydrazone groups is 1. The summed E-state index contributed by atoms with van der Waals surface area (Å²) in [6.07, 6.45) is 0. The predicted molar refractivity (Wildman–Crippen MR) is 97.7 cm³/mol. The third kappa shape index (κ3) is 5.09. The van der Waals surface area contributed by atoms with Gasteiger partial charge in [0.1, 0.15) is 11.5 Å². The minimum Gasteiger partial charge on any atom is -0.497 e. The lowest BCUT2D eigenvalue weighted by Crippen LogP contribution is -2.25. The molecular weight excluding hydrogens is 372 g/mol. The Kier molecular flexibility index (Phi) is 6.37. The predicted octanol–water partition coefficient (Wildman–Crippen LogP) is 3.69. The Morgan fingerprint density at radius 2 is 1.92 bits per heavy atom. The summed E-state index contributed by atoms with van der Waals surface area (Å²) in [4.78, 5) is 11.9. The van der Waals surface area contributed by atoms with Gasteiger partial charge in [-0.1, -0.05) is 6.07 Å². The Morgan fingerprint density at radius 3 is 2.54 bits per heavy atom. The maximum atomic E-state index is 11.9. The van der Waals surface area contributed by atoms with Crippen LogP contribution in [0.15, 0.2) is 52.0 Å². The van der Waals surface area contributed by atoms with Gasteiger partial charge in [-0.05, 0) is 77.3 Å². The molecule has 0 atom stereocenters. The fourth-order valence-corrected chi connectivity index (χ4v) is 2.55. The number of hydrogen-bond donors (Lipinski definition) is 1. The number of halogens is 1. The molecular formula is C18H19BrN2O3. The molecule has 0 spiro atoms. The van der Waals surface area contributed by atoms with E-state index in [0.717, 1.165) is 21.3 Å². The van der Waals surface area contributed by atoms with Gasteiger partial charge in [0.25, 0.3) is 5.91 Å². The number of amides is 1. The molecule has 0 bridgehead atoms. The second kappa shape index (κ2) is 8.49. The normalized spacial score (nSPS) is 11.1. The third-order valence-corrected chi connectivity index (χ3v) is 3.92. The zero-order chi connectivity index (χ0) is 17.5. The average Bonchev–Trinajstić information content (AvgIpc) is 2.59. The molecule has 2 aromatic rings. The average molecular weight is 391 g/mol. The number of methoxy groups -OCH3 is 1. The monoisotopic (exact) mass is 390 g/mol. The van der Waals surface area contributed by atoms with Crippen LogP contribution in [0.4, 0.5) is 0 Å². The van der Waals surface area contributed by atoms with Crippen molar-refractivity contribution >= 4 is 27.5 Å². The van der Waals surface area contributed by atoms with Crippen LogP contribution in [-0.2, 0) is 4.79 Å². The molecule has 0 aliphatic rings. The van der Waals surface area contributed by atoms with Crippen molar-refractivity contribution in [3.8, 4) is 11.5 Å². The Morgan fingerprint density at radius 1 is 1.21 bits per heavy atom. The number of carbonyl (C=O) groups is 1. The molecule has 1 amide bonds. The van der Waals surface area contributed by atoms with Crippen LogP contribution < -0.4 is 14.9 Å². The first-order chi connectivity index (χ1) is 11.5. The smallest absolute Gasteiger partial charge is 0.277 e. The van der Waals surface area contributed by atoms with Crippen LogP contribution in [0, 0.1) is 6.92 Å². The topological polar surface area (TPSA) is 59.9 Å². The number of hydrogen-bond acceptors (Lipinski definition) is 4. The summed E-state index contributed by atoms with van der Waals surface area (Å²) in [6.45, 7) is 3.69. The molecule has 24 heavy (non-hydrogen) atoms. The Labute approximate surface area is 149 Å². The van der Waals surface area contributed by atoms with Crippen molar-refractivity contribution in [2.75, 3.05) is 13.7 Å². The summed E-state index contributed by atoms with van der Waals surface area (Å²) < 4.78 is 11.4. The molecule has 5 nitrogen and oxygen atoms in total. The van der Waals surface area contributed by atoms with Crippen molar-refractivity contribution in [2.24, 2.45) is 5.10 Å². The van der Waals surface area contributed by atoms with Crippen molar-refractivity contribution in [3.63, 3.8) is 0 Å². The van der Waals surface area contributed by atoms with E-state index >= 15 is 0 Å². The highest BCUT2D eigenvalue weighted by molar-refractivity contribution is 9.10. The summed E-state index contributed by atoms with van der Waals surface area (Å²) >= 11 is 3.41. The van der Waals surface area contributed by atoms with E-state index in [2.05, 4.69) is 26.5 Å². The Balaban J connectivity index is 1.89. The second-order valence-corrected chi connectivity index (χ2v) is 6.04. The van der Waals surface area contributed by atoms with Crippen LogP contribution in [0.25, 0.3) is 0 Å². The molecule has 0 aliphatic carbocycles. The third-order valence-electron chi connectivity index (χ3n) is 3.30. The van der Waals surface area contributed by atoms with Crippen LogP contribution in [0.5, 0.6) is 11.5 Å². The van der Waals surface area contributed by atoms with E-state index in [9.17, 15) is 4.79 Å².